The number of likely N-dealkylation sites (tertiary alicyclic amines) is 1. The second-order valence-corrected chi connectivity index (χ2v) is 10.9. The quantitative estimate of drug-likeness (QED) is 0.342. The third kappa shape index (κ3) is 8.56. The minimum atomic E-state index is -0.160. The number of benzene rings is 2. The molecular weight excluding hydrogens is 523 g/mol. The van der Waals surface area contributed by atoms with Gasteiger partial charge in [-0.1, -0.05) is 24.3 Å². The van der Waals surface area contributed by atoms with Crippen molar-refractivity contribution in [3.63, 3.8) is 0 Å². The van der Waals surface area contributed by atoms with Crippen LogP contribution in [0.5, 0.6) is 11.5 Å². The highest BCUT2D eigenvalue weighted by Gasteiger charge is 2.35. The van der Waals surface area contributed by atoms with Crippen LogP contribution in [0, 0.1) is 11.7 Å². The van der Waals surface area contributed by atoms with Crippen LogP contribution in [0.4, 0.5) is 10.1 Å². The molecule has 2 aliphatic heterocycles. The lowest BCUT2D eigenvalue weighted by Crippen LogP contribution is -2.56. The second kappa shape index (κ2) is 15.9. The average molecular weight is 571 g/mol. The van der Waals surface area contributed by atoms with Crippen molar-refractivity contribution in [1.29, 1.82) is 0 Å². The van der Waals surface area contributed by atoms with Gasteiger partial charge >= 0.3 is 0 Å². The molecule has 0 aromatic heterocycles. The number of carbonyl (C=O) groups is 1. The van der Waals surface area contributed by atoms with Gasteiger partial charge in [0.25, 0.3) is 0 Å². The molecule has 0 spiro atoms. The number of nitrogens with zero attached hydrogens (tertiary/aromatic N) is 3. The standard InChI is InChI=1S/C32H47FN4O4/c1-4-41-22-8-16-34-31(38)14-13-25-23-35(24-26-9-7-12-30(39-2)32(26)40-3)17-15-28(25)36-18-20-37(21-19-36)29-11-6-5-10-27(29)33/h5-7,9-12,25,28H,4,8,13-24H2,1-3H3,(H,34,38)/t25-,28+/m1/s1. The van der Waals surface area contributed by atoms with E-state index in [0.717, 1.165) is 82.1 Å². The lowest BCUT2D eigenvalue weighted by molar-refractivity contribution is -0.121. The number of amides is 1. The highest BCUT2D eigenvalue weighted by Crippen LogP contribution is 2.34. The van der Waals surface area contributed by atoms with E-state index in [1.165, 1.54) is 6.07 Å². The lowest BCUT2D eigenvalue weighted by Gasteiger charge is -2.47. The highest BCUT2D eigenvalue weighted by molar-refractivity contribution is 5.75. The van der Waals surface area contributed by atoms with Gasteiger partial charge < -0.3 is 24.4 Å². The minimum absolute atomic E-state index is 0.108. The van der Waals surface area contributed by atoms with Crippen molar-refractivity contribution in [2.24, 2.45) is 5.92 Å². The molecule has 0 radical (unpaired) electrons. The van der Waals surface area contributed by atoms with Gasteiger partial charge in [-0.05, 0) is 56.8 Å². The number of para-hydroxylation sites is 2. The number of carbonyl (C=O) groups excluding carboxylic acids is 1. The first-order chi connectivity index (χ1) is 20.0. The van der Waals surface area contributed by atoms with Crippen molar-refractivity contribution < 1.29 is 23.4 Å². The summed E-state index contributed by atoms with van der Waals surface area (Å²) in [6.45, 7) is 10.0. The van der Waals surface area contributed by atoms with Crippen LogP contribution in [0.25, 0.3) is 0 Å². The van der Waals surface area contributed by atoms with Gasteiger partial charge in [-0.2, -0.15) is 0 Å². The predicted octanol–water partition coefficient (Wildman–Crippen LogP) is 4.18. The number of anilines is 1. The van der Waals surface area contributed by atoms with E-state index >= 15 is 0 Å². The third-order valence-electron chi connectivity index (χ3n) is 8.37. The fourth-order valence-corrected chi connectivity index (χ4v) is 6.28. The molecule has 9 heteroatoms. The van der Waals surface area contributed by atoms with E-state index in [2.05, 4.69) is 26.1 Å². The number of hydrogen-bond acceptors (Lipinski definition) is 7. The maximum Gasteiger partial charge on any atom is 0.220 e. The van der Waals surface area contributed by atoms with Gasteiger partial charge in [0.05, 0.1) is 19.9 Å². The Morgan fingerprint density at radius 2 is 1.83 bits per heavy atom. The number of hydrogen-bond donors (Lipinski definition) is 1. The fourth-order valence-electron chi connectivity index (χ4n) is 6.28. The zero-order valence-corrected chi connectivity index (χ0v) is 24.9. The molecule has 2 aromatic carbocycles. The Kier molecular flexibility index (Phi) is 12.1. The molecule has 1 amide bonds. The molecule has 226 valence electrons. The molecule has 0 bridgehead atoms. The Bertz CT molecular complexity index is 1100. The molecular formula is C32H47FN4O4. The predicted molar refractivity (Wildman–Crippen MR) is 160 cm³/mol. The molecule has 2 fully saturated rings. The molecule has 0 saturated carbocycles. The molecule has 2 heterocycles. The van der Waals surface area contributed by atoms with Crippen molar-refractivity contribution in [2.45, 2.75) is 45.2 Å². The maximum absolute atomic E-state index is 14.4. The summed E-state index contributed by atoms with van der Waals surface area (Å²) in [6.07, 6.45) is 3.21. The number of methoxy groups -OCH3 is 2. The number of piperazine rings is 1. The normalized spacial score (nSPS) is 20.1. The minimum Gasteiger partial charge on any atom is -0.493 e. The van der Waals surface area contributed by atoms with Crippen LogP contribution in [0.15, 0.2) is 42.5 Å². The first-order valence-electron chi connectivity index (χ1n) is 15.0. The van der Waals surface area contributed by atoms with Crippen LogP contribution in [-0.2, 0) is 16.1 Å². The first kappa shape index (κ1) is 31.1. The average Bonchev–Trinajstić information content (AvgIpc) is 3.00. The Morgan fingerprint density at radius 3 is 2.56 bits per heavy atom. The van der Waals surface area contributed by atoms with Gasteiger partial charge in [0.1, 0.15) is 5.82 Å². The Morgan fingerprint density at radius 1 is 1.02 bits per heavy atom. The summed E-state index contributed by atoms with van der Waals surface area (Å²) in [5, 5.41) is 3.06. The zero-order chi connectivity index (χ0) is 29.0. The van der Waals surface area contributed by atoms with Gasteiger partial charge in [-0.25, -0.2) is 4.39 Å². The molecule has 8 nitrogen and oxygen atoms in total. The number of halogens is 1. The summed E-state index contributed by atoms with van der Waals surface area (Å²) in [7, 11) is 3.35. The molecule has 0 unspecified atom stereocenters. The van der Waals surface area contributed by atoms with Crippen LogP contribution in [0.2, 0.25) is 0 Å². The van der Waals surface area contributed by atoms with Crippen molar-refractivity contribution in [1.82, 2.24) is 15.1 Å². The van der Waals surface area contributed by atoms with Gasteiger partial charge in [0.2, 0.25) is 5.91 Å². The molecule has 2 aliphatic rings. The number of ether oxygens (including phenoxy) is 3. The molecule has 2 atom stereocenters. The van der Waals surface area contributed by atoms with Crippen LogP contribution in [0.3, 0.4) is 0 Å². The molecule has 2 saturated heterocycles. The van der Waals surface area contributed by atoms with Crippen molar-refractivity contribution >= 4 is 11.6 Å². The fraction of sp³-hybridized carbons (Fsp3) is 0.594. The van der Waals surface area contributed by atoms with Crippen molar-refractivity contribution in [3.05, 3.63) is 53.8 Å². The van der Waals surface area contributed by atoms with Crippen LogP contribution < -0.4 is 19.7 Å². The lowest BCUT2D eigenvalue weighted by atomic mass is 9.86. The van der Waals surface area contributed by atoms with Gasteiger partial charge in [0.15, 0.2) is 11.5 Å². The van der Waals surface area contributed by atoms with Gasteiger partial charge in [-0.15, -0.1) is 0 Å². The summed E-state index contributed by atoms with van der Waals surface area (Å²) in [5.41, 5.74) is 1.79. The SMILES string of the molecule is CCOCCCNC(=O)CC[C@@H]1CN(Cc2cccc(OC)c2OC)CC[C@@H]1N1CCN(c2ccccc2F)CC1. The second-order valence-electron chi connectivity index (χ2n) is 10.9. The van der Waals surface area contributed by atoms with Crippen molar-refractivity contribution in [3.8, 4) is 11.5 Å². The summed E-state index contributed by atoms with van der Waals surface area (Å²) >= 11 is 0. The molecule has 0 aliphatic carbocycles. The van der Waals surface area contributed by atoms with E-state index in [-0.39, 0.29) is 11.7 Å². The topological polar surface area (TPSA) is 66.5 Å². The monoisotopic (exact) mass is 570 g/mol. The van der Waals surface area contributed by atoms with Crippen LogP contribution in [0.1, 0.15) is 38.2 Å². The summed E-state index contributed by atoms with van der Waals surface area (Å²) in [4.78, 5) is 19.9. The van der Waals surface area contributed by atoms with Gasteiger partial charge in [-0.3, -0.25) is 14.6 Å². The van der Waals surface area contributed by atoms with Crippen LogP contribution in [-0.4, -0.2) is 95.0 Å². The Balaban J connectivity index is 1.39. The molecule has 1 N–H and O–H groups in total. The number of nitrogens with one attached hydrogen (secondary N) is 1. The maximum atomic E-state index is 14.4. The van der Waals surface area contributed by atoms with E-state index < -0.39 is 0 Å². The Labute approximate surface area is 244 Å². The largest absolute Gasteiger partial charge is 0.493 e. The number of rotatable bonds is 14. The van der Waals surface area contributed by atoms with E-state index in [9.17, 15) is 9.18 Å². The molecule has 2 aromatic rings. The summed E-state index contributed by atoms with van der Waals surface area (Å²) in [6, 6.07) is 13.5. The van der Waals surface area contributed by atoms with Gasteiger partial charge in [0, 0.05) is 77.1 Å². The molecule has 4 rings (SSSR count). The summed E-state index contributed by atoms with van der Waals surface area (Å²) in [5.74, 6) is 1.83. The highest BCUT2D eigenvalue weighted by atomic mass is 19.1. The molecule has 41 heavy (non-hydrogen) atoms. The number of piperidine rings is 1. The third-order valence-corrected chi connectivity index (χ3v) is 8.37. The van der Waals surface area contributed by atoms with E-state index in [1.807, 2.05) is 31.2 Å². The zero-order valence-electron chi connectivity index (χ0n) is 24.9. The van der Waals surface area contributed by atoms with E-state index in [4.69, 9.17) is 14.2 Å². The smallest absolute Gasteiger partial charge is 0.220 e. The first-order valence-corrected chi connectivity index (χ1v) is 15.0. The van der Waals surface area contributed by atoms with E-state index in [0.29, 0.717) is 43.8 Å². The van der Waals surface area contributed by atoms with Crippen molar-refractivity contribution in [2.75, 3.05) is 78.1 Å². The van der Waals surface area contributed by atoms with Crippen LogP contribution >= 0.6 is 0 Å². The van der Waals surface area contributed by atoms with E-state index in [1.54, 1.807) is 20.3 Å². The summed E-state index contributed by atoms with van der Waals surface area (Å²) < 4.78 is 31.0. The Hall–Kier alpha value is -2.88.